The summed E-state index contributed by atoms with van der Waals surface area (Å²) in [5, 5.41) is 11.4. The lowest BCUT2D eigenvalue weighted by Gasteiger charge is -2.63. The molecule has 5 aliphatic carbocycles. The van der Waals surface area contributed by atoms with E-state index in [0.717, 1.165) is 23.7 Å². The molecule has 1 heteroatoms. The number of hydrogen-bond acceptors (Lipinski definition) is 1. The molecule has 0 aromatic carbocycles. The third-order valence-electron chi connectivity index (χ3n) is 7.69. The van der Waals surface area contributed by atoms with Crippen molar-refractivity contribution in [2.45, 2.75) is 84.7 Å². The third kappa shape index (κ3) is 2.38. The second-order valence-electron chi connectivity index (χ2n) is 10.3. The van der Waals surface area contributed by atoms with Gasteiger partial charge in [-0.3, -0.25) is 0 Å². The zero-order chi connectivity index (χ0) is 14.8. The molecule has 1 nitrogen and oxygen atoms in total. The van der Waals surface area contributed by atoms with Crippen molar-refractivity contribution in [3.63, 3.8) is 0 Å². The molecule has 0 radical (unpaired) electrons. The topological polar surface area (TPSA) is 20.2 Å². The standard InChI is InChI=1S/C20H34O/c1-13-4-14(2)6-17(5-13)18(21)20-10-15-7-16(11-20)9-19(3,8-15)12-20/h13-18,21H,4-12H2,1-3H3. The molecule has 5 atom stereocenters. The number of rotatable bonds is 2. The first kappa shape index (κ1) is 14.5. The summed E-state index contributed by atoms with van der Waals surface area (Å²) in [6.45, 7) is 7.32. The summed E-state index contributed by atoms with van der Waals surface area (Å²) >= 11 is 0. The first-order valence-electron chi connectivity index (χ1n) is 9.56. The summed E-state index contributed by atoms with van der Waals surface area (Å²) in [7, 11) is 0. The van der Waals surface area contributed by atoms with Crippen molar-refractivity contribution in [2.75, 3.05) is 0 Å². The van der Waals surface area contributed by atoms with Crippen LogP contribution < -0.4 is 0 Å². The predicted octanol–water partition coefficient (Wildman–Crippen LogP) is 5.03. The Morgan fingerprint density at radius 3 is 1.95 bits per heavy atom. The minimum Gasteiger partial charge on any atom is -0.392 e. The highest BCUT2D eigenvalue weighted by Gasteiger charge is 2.59. The summed E-state index contributed by atoms with van der Waals surface area (Å²) in [6.07, 6.45) is 12.3. The Morgan fingerprint density at radius 1 is 0.857 bits per heavy atom. The molecule has 5 aliphatic rings. The molecular weight excluding hydrogens is 256 g/mol. The van der Waals surface area contributed by atoms with Gasteiger partial charge in [-0.25, -0.2) is 0 Å². The highest BCUT2D eigenvalue weighted by Crippen LogP contribution is 2.67. The van der Waals surface area contributed by atoms with Crippen LogP contribution in [0, 0.1) is 40.4 Å². The first-order valence-corrected chi connectivity index (χ1v) is 9.56. The number of hydrogen-bond donors (Lipinski definition) is 1. The van der Waals surface area contributed by atoms with E-state index in [0.29, 0.717) is 16.7 Å². The van der Waals surface area contributed by atoms with E-state index in [2.05, 4.69) is 20.8 Å². The molecule has 21 heavy (non-hydrogen) atoms. The van der Waals surface area contributed by atoms with E-state index in [4.69, 9.17) is 0 Å². The quantitative estimate of drug-likeness (QED) is 0.756. The number of aliphatic hydroxyl groups is 1. The number of aliphatic hydroxyl groups excluding tert-OH is 1. The van der Waals surface area contributed by atoms with E-state index < -0.39 is 0 Å². The van der Waals surface area contributed by atoms with Gasteiger partial charge < -0.3 is 5.11 Å². The van der Waals surface area contributed by atoms with Crippen molar-refractivity contribution < 1.29 is 5.11 Å². The zero-order valence-corrected chi connectivity index (χ0v) is 14.3. The summed E-state index contributed by atoms with van der Waals surface area (Å²) < 4.78 is 0. The van der Waals surface area contributed by atoms with Gasteiger partial charge in [0.25, 0.3) is 0 Å². The van der Waals surface area contributed by atoms with Crippen molar-refractivity contribution in [1.82, 2.24) is 0 Å². The molecule has 0 aromatic rings. The lowest BCUT2D eigenvalue weighted by Crippen LogP contribution is -2.57. The second kappa shape index (κ2) is 4.73. The summed E-state index contributed by atoms with van der Waals surface area (Å²) in [6, 6.07) is 0. The Morgan fingerprint density at radius 2 is 1.43 bits per heavy atom. The Balaban J connectivity index is 1.57. The molecule has 0 aliphatic heterocycles. The van der Waals surface area contributed by atoms with Gasteiger partial charge in [0.15, 0.2) is 0 Å². The Hall–Kier alpha value is -0.0400. The van der Waals surface area contributed by atoms with E-state index >= 15 is 0 Å². The van der Waals surface area contributed by atoms with Crippen LogP contribution in [0.2, 0.25) is 0 Å². The largest absolute Gasteiger partial charge is 0.392 e. The molecule has 1 N–H and O–H groups in total. The Bertz CT molecular complexity index is 390. The van der Waals surface area contributed by atoms with Crippen LogP contribution in [0.3, 0.4) is 0 Å². The SMILES string of the molecule is CC1CC(C)CC(C(O)C23CC4CC(CC(C)(C4)C2)C3)C1. The van der Waals surface area contributed by atoms with Gasteiger partial charge >= 0.3 is 0 Å². The molecule has 0 amide bonds. The van der Waals surface area contributed by atoms with Gasteiger partial charge in [-0.05, 0) is 98.2 Å². The average molecular weight is 290 g/mol. The van der Waals surface area contributed by atoms with Crippen LogP contribution in [0.25, 0.3) is 0 Å². The zero-order valence-electron chi connectivity index (χ0n) is 14.3. The molecule has 0 aromatic heterocycles. The molecular formula is C20H34O. The molecule has 0 heterocycles. The van der Waals surface area contributed by atoms with Gasteiger partial charge in [-0.15, -0.1) is 0 Å². The van der Waals surface area contributed by atoms with Gasteiger partial charge in [-0.1, -0.05) is 20.8 Å². The monoisotopic (exact) mass is 290 g/mol. The van der Waals surface area contributed by atoms with Crippen molar-refractivity contribution in [1.29, 1.82) is 0 Å². The van der Waals surface area contributed by atoms with E-state index in [1.165, 1.54) is 57.8 Å². The van der Waals surface area contributed by atoms with Gasteiger partial charge in [-0.2, -0.15) is 0 Å². The normalized spacial score (nSPS) is 57.4. The molecule has 4 bridgehead atoms. The minimum absolute atomic E-state index is 0.00655. The Labute approximate surface area is 130 Å². The molecule has 0 spiro atoms. The second-order valence-corrected chi connectivity index (χ2v) is 10.3. The predicted molar refractivity (Wildman–Crippen MR) is 86.9 cm³/mol. The van der Waals surface area contributed by atoms with Crippen LogP contribution in [-0.4, -0.2) is 11.2 Å². The molecule has 5 saturated carbocycles. The third-order valence-corrected chi connectivity index (χ3v) is 7.69. The lowest BCUT2D eigenvalue weighted by molar-refractivity contribution is -0.172. The van der Waals surface area contributed by atoms with Crippen LogP contribution in [0.1, 0.15) is 78.6 Å². The molecule has 120 valence electrons. The van der Waals surface area contributed by atoms with E-state index in [1.54, 1.807) is 0 Å². The first-order chi connectivity index (χ1) is 9.87. The fraction of sp³-hybridized carbons (Fsp3) is 1.00. The molecule has 5 unspecified atom stereocenters. The van der Waals surface area contributed by atoms with Crippen LogP contribution in [0.15, 0.2) is 0 Å². The highest BCUT2D eigenvalue weighted by atomic mass is 16.3. The summed E-state index contributed by atoms with van der Waals surface area (Å²) in [5.74, 6) is 4.09. The average Bonchev–Trinajstić information content (AvgIpc) is 2.33. The van der Waals surface area contributed by atoms with Gasteiger partial charge in [0.05, 0.1) is 6.10 Å². The van der Waals surface area contributed by atoms with E-state index in [1.807, 2.05) is 0 Å². The van der Waals surface area contributed by atoms with Gasteiger partial charge in [0.2, 0.25) is 0 Å². The van der Waals surface area contributed by atoms with Crippen LogP contribution in [0.5, 0.6) is 0 Å². The maximum absolute atomic E-state index is 11.4. The lowest BCUT2D eigenvalue weighted by atomic mass is 9.42. The summed E-state index contributed by atoms with van der Waals surface area (Å²) in [4.78, 5) is 0. The Kier molecular flexibility index (Phi) is 3.27. The van der Waals surface area contributed by atoms with Gasteiger partial charge in [0.1, 0.15) is 0 Å². The van der Waals surface area contributed by atoms with E-state index in [-0.39, 0.29) is 6.10 Å². The maximum Gasteiger partial charge on any atom is 0.0625 e. The van der Waals surface area contributed by atoms with Crippen molar-refractivity contribution >= 4 is 0 Å². The maximum atomic E-state index is 11.4. The smallest absolute Gasteiger partial charge is 0.0625 e. The fourth-order valence-corrected chi connectivity index (χ4v) is 7.91. The summed E-state index contributed by atoms with van der Waals surface area (Å²) in [5.41, 5.74) is 0.872. The van der Waals surface area contributed by atoms with Crippen molar-refractivity contribution in [3.05, 3.63) is 0 Å². The minimum atomic E-state index is -0.00655. The van der Waals surface area contributed by atoms with Crippen molar-refractivity contribution in [3.8, 4) is 0 Å². The molecule has 5 fully saturated rings. The van der Waals surface area contributed by atoms with Crippen LogP contribution in [-0.2, 0) is 0 Å². The highest BCUT2D eigenvalue weighted by molar-refractivity contribution is 5.09. The molecule has 0 saturated heterocycles. The van der Waals surface area contributed by atoms with Crippen molar-refractivity contribution in [2.24, 2.45) is 40.4 Å². The fourth-order valence-electron chi connectivity index (χ4n) is 7.91. The van der Waals surface area contributed by atoms with Crippen LogP contribution in [0.4, 0.5) is 0 Å². The van der Waals surface area contributed by atoms with Crippen LogP contribution >= 0.6 is 0 Å². The molecule has 5 rings (SSSR count). The van der Waals surface area contributed by atoms with E-state index in [9.17, 15) is 5.11 Å². The van der Waals surface area contributed by atoms with Gasteiger partial charge in [0, 0.05) is 0 Å².